The zero-order chi connectivity index (χ0) is 18.4. The number of carbonyl (C=O) groups excluding carboxylic acids is 2. The van der Waals surface area contributed by atoms with E-state index in [2.05, 4.69) is 31.8 Å². The number of phenols is 2. The van der Waals surface area contributed by atoms with E-state index in [1.807, 2.05) is 0 Å². The van der Waals surface area contributed by atoms with Crippen LogP contribution in [0, 0.1) is 0 Å². The molecule has 0 aliphatic carbocycles. The molecule has 2 amide bonds. The Bertz CT molecular complexity index is 836. The van der Waals surface area contributed by atoms with Crippen LogP contribution in [-0.2, 0) is 4.79 Å². The number of halogens is 1. The topological polar surface area (TPSA) is 111 Å². The maximum absolute atomic E-state index is 12.0. The highest BCUT2D eigenvalue weighted by Crippen LogP contribution is 2.22. The summed E-state index contributed by atoms with van der Waals surface area (Å²) in [6, 6.07) is 10.9. The normalized spacial score (nSPS) is 11.0. The summed E-state index contributed by atoms with van der Waals surface area (Å²) in [7, 11) is 0. The van der Waals surface area contributed by atoms with E-state index >= 15 is 0 Å². The molecule has 0 saturated carbocycles. The summed E-state index contributed by atoms with van der Waals surface area (Å²) in [4.78, 5) is 23.8. The zero-order valence-corrected chi connectivity index (χ0v) is 14.9. The Hall–Kier alpha value is -2.87. The van der Waals surface area contributed by atoms with Crippen molar-refractivity contribution in [1.82, 2.24) is 10.7 Å². The van der Waals surface area contributed by atoms with Crippen LogP contribution in [0.4, 0.5) is 0 Å². The Morgan fingerprint density at radius 1 is 1.12 bits per heavy atom. The van der Waals surface area contributed by atoms with E-state index in [0.29, 0.717) is 21.3 Å². The monoisotopic (exact) mass is 405 g/mol. The summed E-state index contributed by atoms with van der Waals surface area (Å²) < 4.78 is 0.629. The first-order valence-electron chi connectivity index (χ1n) is 7.26. The predicted octanol–water partition coefficient (Wildman–Crippen LogP) is 2.13. The molecule has 8 heteroatoms. The SMILES string of the molecule is C/C(=N/NC(=O)CNC(=O)c1ccccc1Br)c1ccc(O)cc1O. The fourth-order valence-corrected chi connectivity index (χ4v) is 2.44. The summed E-state index contributed by atoms with van der Waals surface area (Å²) in [5, 5.41) is 25.4. The summed E-state index contributed by atoms with van der Waals surface area (Å²) >= 11 is 3.27. The van der Waals surface area contributed by atoms with Gasteiger partial charge < -0.3 is 15.5 Å². The first-order chi connectivity index (χ1) is 11.9. The van der Waals surface area contributed by atoms with Crippen LogP contribution in [0.15, 0.2) is 52.0 Å². The lowest BCUT2D eigenvalue weighted by Gasteiger charge is -2.07. The fourth-order valence-electron chi connectivity index (χ4n) is 1.97. The standard InChI is InChI=1S/C17H16BrN3O4/c1-10(12-7-6-11(22)8-15(12)23)20-21-16(24)9-19-17(25)13-4-2-3-5-14(13)18/h2-8,22-23H,9H2,1H3,(H,19,25)(H,21,24)/b20-10-. The summed E-state index contributed by atoms with van der Waals surface area (Å²) in [5.41, 5.74) is 3.43. The van der Waals surface area contributed by atoms with Gasteiger partial charge >= 0.3 is 0 Å². The van der Waals surface area contributed by atoms with Crippen molar-refractivity contribution in [3.8, 4) is 11.5 Å². The van der Waals surface area contributed by atoms with Crippen LogP contribution in [0.3, 0.4) is 0 Å². The van der Waals surface area contributed by atoms with Gasteiger partial charge in [0.05, 0.1) is 17.8 Å². The number of carbonyl (C=O) groups is 2. The van der Waals surface area contributed by atoms with Gasteiger partial charge in [-0.05, 0) is 47.1 Å². The average Bonchev–Trinajstić information content (AvgIpc) is 2.58. The van der Waals surface area contributed by atoms with Crippen molar-refractivity contribution in [2.75, 3.05) is 6.54 Å². The van der Waals surface area contributed by atoms with Gasteiger partial charge in [-0.15, -0.1) is 0 Å². The summed E-state index contributed by atoms with van der Waals surface area (Å²) in [6.07, 6.45) is 0. The molecule has 0 fully saturated rings. The third kappa shape index (κ3) is 5.05. The Labute approximate surface area is 152 Å². The number of amides is 2. The number of hydrogen-bond acceptors (Lipinski definition) is 5. The highest BCUT2D eigenvalue weighted by Gasteiger charge is 2.11. The van der Waals surface area contributed by atoms with Gasteiger partial charge in [0.15, 0.2) is 0 Å². The van der Waals surface area contributed by atoms with Crippen LogP contribution in [-0.4, -0.2) is 34.3 Å². The molecule has 0 saturated heterocycles. The van der Waals surface area contributed by atoms with Crippen molar-refractivity contribution >= 4 is 33.5 Å². The molecule has 130 valence electrons. The van der Waals surface area contributed by atoms with Crippen LogP contribution >= 0.6 is 15.9 Å². The second kappa shape index (κ2) is 8.29. The highest BCUT2D eigenvalue weighted by molar-refractivity contribution is 9.10. The van der Waals surface area contributed by atoms with Gasteiger partial charge in [-0.25, -0.2) is 5.43 Å². The predicted molar refractivity (Wildman–Crippen MR) is 96.6 cm³/mol. The molecule has 2 rings (SSSR count). The minimum atomic E-state index is -0.516. The maximum Gasteiger partial charge on any atom is 0.259 e. The first kappa shape index (κ1) is 18.5. The largest absolute Gasteiger partial charge is 0.508 e. The van der Waals surface area contributed by atoms with Gasteiger partial charge in [0.1, 0.15) is 11.5 Å². The van der Waals surface area contributed by atoms with Crippen molar-refractivity contribution in [2.24, 2.45) is 5.10 Å². The number of phenolic OH excluding ortho intramolecular Hbond substituents is 2. The number of nitrogens with one attached hydrogen (secondary N) is 2. The molecule has 7 nitrogen and oxygen atoms in total. The highest BCUT2D eigenvalue weighted by atomic mass is 79.9. The molecule has 4 N–H and O–H groups in total. The van der Waals surface area contributed by atoms with Crippen LogP contribution < -0.4 is 10.7 Å². The molecule has 0 radical (unpaired) electrons. The van der Waals surface area contributed by atoms with Gasteiger partial charge in [0.2, 0.25) is 0 Å². The molecular weight excluding hydrogens is 390 g/mol. The fraction of sp³-hybridized carbons (Fsp3) is 0.118. The molecule has 0 unspecified atom stereocenters. The first-order valence-corrected chi connectivity index (χ1v) is 8.06. The molecule has 0 aromatic heterocycles. The minimum absolute atomic E-state index is 0.0760. The van der Waals surface area contributed by atoms with Gasteiger partial charge in [-0.3, -0.25) is 9.59 Å². The lowest BCUT2D eigenvalue weighted by atomic mass is 10.1. The lowest BCUT2D eigenvalue weighted by Crippen LogP contribution is -2.35. The third-order valence-electron chi connectivity index (χ3n) is 3.25. The second-order valence-corrected chi connectivity index (χ2v) is 5.95. The molecule has 0 aliphatic heterocycles. The Balaban J connectivity index is 1.92. The number of rotatable bonds is 5. The number of nitrogens with zero attached hydrogens (tertiary/aromatic N) is 1. The molecule has 2 aromatic carbocycles. The number of aromatic hydroxyl groups is 2. The smallest absolute Gasteiger partial charge is 0.259 e. The Morgan fingerprint density at radius 2 is 1.84 bits per heavy atom. The van der Waals surface area contributed by atoms with E-state index in [0.717, 1.165) is 0 Å². The van der Waals surface area contributed by atoms with Crippen molar-refractivity contribution in [1.29, 1.82) is 0 Å². The van der Waals surface area contributed by atoms with Crippen LogP contribution in [0.25, 0.3) is 0 Å². The maximum atomic E-state index is 12.0. The number of benzene rings is 2. The molecule has 0 aliphatic rings. The second-order valence-electron chi connectivity index (χ2n) is 5.10. The molecule has 0 heterocycles. The average molecular weight is 406 g/mol. The van der Waals surface area contributed by atoms with Gasteiger partial charge in [-0.1, -0.05) is 12.1 Å². The van der Waals surface area contributed by atoms with E-state index in [1.54, 1.807) is 31.2 Å². The van der Waals surface area contributed by atoms with E-state index in [4.69, 9.17) is 0 Å². The molecule has 0 atom stereocenters. The van der Waals surface area contributed by atoms with Gasteiger partial charge in [0.25, 0.3) is 11.8 Å². The number of hydrazone groups is 1. The minimum Gasteiger partial charge on any atom is -0.508 e. The van der Waals surface area contributed by atoms with E-state index in [9.17, 15) is 19.8 Å². The van der Waals surface area contributed by atoms with Crippen molar-refractivity contribution in [2.45, 2.75) is 6.92 Å². The number of hydrogen-bond donors (Lipinski definition) is 4. The summed E-state index contributed by atoms with van der Waals surface area (Å²) in [5.74, 6) is -1.14. The van der Waals surface area contributed by atoms with Crippen molar-refractivity contribution < 1.29 is 19.8 Å². The van der Waals surface area contributed by atoms with Crippen LogP contribution in [0.2, 0.25) is 0 Å². The Morgan fingerprint density at radius 3 is 2.52 bits per heavy atom. The lowest BCUT2D eigenvalue weighted by molar-refractivity contribution is -0.120. The molecule has 25 heavy (non-hydrogen) atoms. The third-order valence-corrected chi connectivity index (χ3v) is 3.94. The van der Waals surface area contributed by atoms with E-state index in [-0.39, 0.29) is 24.0 Å². The summed E-state index contributed by atoms with van der Waals surface area (Å²) in [6.45, 7) is 1.34. The van der Waals surface area contributed by atoms with Gasteiger partial charge in [-0.2, -0.15) is 5.10 Å². The Kier molecular flexibility index (Phi) is 6.13. The quantitative estimate of drug-likeness (QED) is 0.450. The molecule has 0 spiro atoms. The van der Waals surface area contributed by atoms with Crippen molar-refractivity contribution in [3.63, 3.8) is 0 Å². The molecule has 0 bridgehead atoms. The van der Waals surface area contributed by atoms with Crippen LogP contribution in [0.1, 0.15) is 22.8 Å². The zero-order valence-electron chi connectivity index (χ0n) is 13.3. The molecular formula is C17H16BrN3O4. The van der Waals surface area contributed by atoms with Gasteiger partial charge in [0, 0.05) is 16.1 Å². The van der Waals surface area contributed by atoms with E-state index in [1.165, 1.54) is 18.2 Å². The van der Waals surface area contributed by atoms with Crippen molar-refractivity contribution in [3.05, 3.63) is 58.1 Å². The van der Waals surface area contributed by atoms with Crippen LogP contribution in [0.5, 0.6) is 11.5 Å². The molecule has 2 aromatic rings. The van der Waals surface area contributed by atoms with E-state index < -0.39 is 5.91 Å².